The summed E-state index contributed by atoms with van der Waals surface area (Å²) in [4.78, 5) is 1.47. The van der Waals surface area contributed by atoms with Crippen LogP contribution >= 0.6 is 23.1 Å². The average Bonchev–Trinajstić information content (AvgIpc) is 2.76. The van der Waals surface area contributed by atoms with Gasteiger partial charge >= 0.3 is 0 Å². The van der Waals surface area contributed by atoms with Gasteiger partial charge in [-0.3, -0.25) is 0 Å². The summed E-state index contributed by atoms with van der Waals surface area (Å²) in [6, 6.07) is 4.92. The highest BCUT2D eigenvalue weighted by Crippen LogP contribution is 2.21. The lowest BCUT2D eigenvalue weighted by Crippen LogP contribution is -2.22. The molecule has 0 spiro atoms. The lowest BCUT2D eigenvalue weighted by Gasteiger charge is -2.15. The third-order valence-corrected chi connectivity index (χ3v) is 4.76. The minimum atomic E-state index is 0.555. The minimum Gasteiger partial charge on any atom is -0.308 e. The van der Waals surface area contributed by atoms with E-state index in [-0.39, 0.29) is 0 Å². The van der Waals surface area contributed by atoms with Gasteiger partial charge in [-0.2, -0.15) is 11.8 Å². The molecule has 0 saturated heterocycles. The standard InChI is InChI=1S/C13H23NS2/c1-4-12(13-6-5-8-16-13)14-7-9-15-10-11(2)3/h5-6,8,11-12,14H,4,7,9-10H2,1-3H3. The molecule has 0 fully saturated rings. The van der Waals surface area contributed by atoms with Gasteiger partial charge in [0.05, 0.1) is 0 Å². The molecule has 0 aliphatic heterocycles. The number of nitrogens with one attached hydrogen (secondary N) is 1. The van der Waals surface area contributed by atoms with Crippen molar-refractivity contribution >= 4 is 23.1 Å². The first-order chi connectivity index (χ1) is 7.74. The Morgan fingerprint density at radius 2 is 2.25 bits per heavy atom. The topological polar surface area (TPSA) is 12.0 Å². The second-order valence-corrected chi connectivity index (χ2v) is 6.53. The number of rotatable bonds is 8. The van der Waals surface area contributed by atoms with Crippen molar-refractivity contribution in [1.29, 1.82) is 0 Å². The first-order valence-corrected chi connectivity index (χ1v) is 8.12. The Bertz CT molecular complexity index is 257. The Labute approximate surface area is 108 Å². The van der Waals surface area contributed by atoms with Crippen molar-refractivity contribution in [3.05, 3.63) is 22.4 Å². The Kier molecular flexibility index (Phi) is 7.17. The summed E-state index contributed by atoms with van der Waals surface area (Å²) in [5.41, 5.74) is 0. The molecule has 3 heteroatoms. The van der Waals surface area contributed by atoms with E-state index in [1.54, 1.807) is 0 Å². The Morgan fingerprint density at radius 1 is 1.44 bits per heavy atom. The van der Waals surface area contributed by atoms with Crippen molar-refractivity contribution < 1.29 is 0 Å². The van der Waals surface area contributed by atoms with Crippen molar-refractivity contribution in [3.8, 4) is 0 Å². The van der Waals surface area contributed by atoms with E-state index in [1.807, 2.05) is 11.3 Å². The molecule has 1 nitrogen and oxygen atoms in total. The summed E-state index contributed by atoms with van der Waals surface area (Å²) < 4.78 is 0. The van der Waals surface area contributed by atoms with Crippen LogP contribution in [0.25, 0.3) is 0 Å². The first-order valence-electron chi connectivity index (χ1n) is 6.08. The van der Waals surface area contributed by atoms with Crippen LogP contribution in [0.15, 0.2) is 17.5 Å². The third kappa shape index (κ3) is 5.37. The zero-order valence-electron chi connectivity index (χ0n) is 10.5. The molecule has 0 aromatic carbocycles. The van der Waals surface area contributed by atoms with Crippen molar-refractivity contribution in [2.75, 3.05) is 18.1 Å². The average molecular weight is 257 g/mol. The van der Waals surface area contributed by atoms with Crippen LogP contribution in [0, 0.1) is 5.92 Å². The van der Waals surface area contributed by atoms with Gasteiger partial charge < -0.3 is 5.32 Å². The predicted molar refractivity (Wildman–Crippen MR) is 77.5 cm³/mol. The zero-order chi connectivity index (χ0) is 11.8. The second kappa shape index (κ2) is 8.15. The summed E-state index contributed by atoms with van der Waals surface area (Å²) >= 11 is 3.91. The summed E-state index contributed by atoms with van der Waals surface area (Å²) in [6.45, 7) is 7.92. The summed E-state index contributed by atoms with van der Waals surface area (Å²) in [6.07, 6.45) is 1.18. The maximum atomic E-state index is 3.64. The molecule has 1 aromatic heterocycles. The molecule has 1 aromatic rings. The number of thioether (sulfide) groups is 1. The second-order valence-electron chi connectivity index (χ2n) is 4.40. The first kappa shape index (κ1) is 14.1. The van der Waals surface area contributed by atoms with E-state index in [1.165, 1.54) is 22.8 Å². The van der Waals surface area contributed by atoms with Gasteiger partial charge in [-0.25, -0.2) is 0 Å². The van der Waals surface area contributed by atoms with Crippen LogP contribution in [0.3, 0.4) is 0 Å². The summed E-state index contributed by atoms with van der Waals surface area (Å²) in [7, 11) is 0. The van der Waals surface area contributed by atoms with Gasteiger partial charge in [-0.1, -0.05) is 26.8 Å². The highest BCUT2D eigenvalue weighted by Gasteiger charge is 2.08. The van der Waals surface area contributed by atoms with Crippen LogP contribution in [0.1, 0.15) is 38.1 Å². The Morgan fingerprint density at radius 3 is 2.81 bits per heavy atom. The van der Waals surface area contributed by atoms with E-state index in [4.69, 9.17) is 0 Å². The van der Waals surface area contributed by atoms with Crippen LogP contribution < -0.4 is 5.32 Å². The third-order valence-electron chi connectivity index (χ3n) is 2.38. The van der Waals surface area contributed by atoms with Gasteiger partial charge in [0.2, 0.25) is 0 Å². The summed E-state index contributed by atoms with van der Waals surface area (Å²) in [5, 5.41) is 5.80. The molecule has 1 atom stereocenters. The molecular formula is C13H23NS2. The molecule has 16 heavy (non-hydrogen) atoms. The number of hydrogen-bond donors (Lipinski definition) is 1. The molecule has 0 amide bonds. The Hall–Kier alpha value is 0.01000. The monoisotopic (exact) mass is 257 g/mol. The van der Waals surface area contributed by atoms with Crippen LogP contribution in [0.5, 0.6) is 0 Å². The SMILES string of the molecule is CCC(NCCSCC(C)C)c1cccs1. The lowest BCUT2D eigenvalue weighted by atomic mass is 10.2. The zero-order valence-corrected chi connectivity index (χ0v) is 12.2. The highest BCUT2D eigenvalue weighted by molar-refractivity contribution is 7.99. The maximum Gasteiger partial charge on any atom is 0.0412 e. The fourth-order valence-corrected chi connectivity index (χ4v) is 3.35. The van der Waals surface area contributed by atoms with Gasteiger partial charge in [0, 0.05) is 23.2 Å². The van der Waals surface area contributed by atoms with Gasteiger partial charge in [-0.15, -0.1) is 11.3 Å². The van der Waals surface area contributed by atoms with Gasteiger partial charge in [0.15, 0.2) is 0 Å². The van der Waals surface area contributed by atoms with E-state index < -0.39 is 0 Å². The van der Waals surface area contributed by atoms with E-state index >= 15 is 0 Å². The van der Waals surface area contributed by atoms with Crippen molar-refractivity contribution in [2.24, 2.45) is 5.92 Å². The van der Waals surface area contributed by atoms with Crippen LogP contribution in [-0.4, -0.2) is 18.1 Å². The normalized spacial score (nSPS) is 13.2. The maximum absolute atomic E-state index is 3.64. The Balaban J connectivity index is 2.15. The van der Waals surface area contributed by atoms with Crippen molar-refractivity contribution in [3.63, 3.8) is 0 Å². The van der Waals surface area contributed by atoms with Crippen LogP contribution in [0.2, 0.25) is 0 Å². The van der Waals surface area contributed by atoms with Gasteiger partial charge in [0.25, 0.3) is 0 Å². The van der Waals surface area contributed by atoms with Crippen LogP contribution in [0.4, 0.5) is 0 Å². The van der Waals surface area contributed by atoms with Crippen molar-refractivity contribution in [1.82, 2.24) is 5.32 Å². The number of thiophene rings is 1. The van der Waals surface area contributed by atoms with Gasteiger partial charge in [0.1, 0.15) is 0 Å². The fraction of sp³-hybridized carbons (Fsp3) is 0.692. The van der Waals surface area contributed by atoms with E-state index in [9.17, 15) is 0 Å². The summed E-state index contributed by atoms with van der Waals surface area (Å²) in [5.74, 6) is 3.31. The lowest BCUT2D eigenvalue weighted by molar-refractivity contribution is 0.548. The molecule has 0 saturated carbocycles. The fourth-order valence-electron chi connectivity index (χ4n) is 1.56. The molecule has 0 radical (unpaired) electrons. The van der Waals surface area contributed by atoms with E-state index in [0.29, 0.717) is 6.04 Å². The quantitative estimate of drug-likeness (QED) is 0.701. The van der Waals surface area contributed by atoms with Gasteiger partial charge in [-0.05, 0) is 29.5 Å². The number of hydrogen-bond acceptors (Lipinski definition) is 3. The molecule has 1 unspecified atom stereocenters. The molecule has 1 N–H and O–H groups in total. The van der Waals surface area contributed by atoms with Crippen LogP contribution in [-0.2, 0) is 0 Å². The van der Waals surface area contributed by atoms with E-state index in [0.717, 1.165) is 12.5 Å². The van der Waals surface area contributed by atoms with Crippen molar-refractivity contribution in [2.45, 2.75) is 33.2 Å². The molecule has 1 rings (SSSR count). The molecule has 92 valence electrons. The predicted octanol–water partition coefficient (Wildman–Crippen LogP) is 4.18. The highest BCUT2D eigenvalue weighted by atomic mass is 32.2. The van der Waals surface area contributed by atoms with E-state index in [2.05, 4.69) is 55.4 Å². The smallest absolute Gasteiger partial charge is 0.0412 e. The molecule has 0 aliphatic rings. The molecule has 0 bridgehead atoms. The largest absolute Gasteiger partial charge is 0.308 e. The molecule has 1 heterocycles. The minimum absolute atomic E-state index is 0.555. The molecule has 0 aliphatic carbocycles. The molecular weight excluding hydrogens is 234 g/mol.